The number of ketones is 1. The van der Waals surface area contributed by atoms with Gasteiger partial charge in [-0.1, -0.05) is 24.6 Å². The van der Waals surface area contributed by atoms with Gasteiger partial charge in [0.2, 0.25) is 0 Å². The molecular formula is C15H16N2O. The SMILES string of the molecule is O=C1CCCCC1c1ccnn1-c1ccccc1. The fraction of sp³-hybridized carbons (Fsp3) is 0.333. The van der Waals surface area contributed by atoms with E-state index in [1.54, 1.807) is 6.20 Å². The van der Waals surface area contributed by atoms with Gasteiger partial charge in [0, 0.05) is 12.6 Å². The molecule has 1 saturated carbocycles. The van der Waals surface area contributed by atoms with E-state index in [4.69, 9.17) is 0 Å². The van der Waals surface area contributed by atoms with Gasteiger partial charge in [0.05, 0.1) is 17.3 Å². The molecule has 0 radical (unpaired) electrons. The van der Waals surface area contributed by atoms with Crippen LogP contribution < -0.4 is 0 Å². The minimum atomic E-state index is 0.0291. The number of rotatable bonds is 2. The molecule has 3 nitrogen and oxygen atoms in total. The van der Waals surface area contributed by atoms with Crippen molar-refractivity contribution in [3.8, 4) is 5.69 Å². The van der Waals surface area contributed by atoms with E-state index in [9.17, 15) is 4.79 Å². The molecule has 2 aromatic rings. The zero-order valence-corrected chi connectivity index (χ0v) is 10.2. The number of carbonyl (C=O) groups excluding carboxylic acids is 1. The summed E-state index contributed by atoms with van der Waals surface area (Å²) < 4.78 is 1.90. The van der Waals surface area contributed by atoms with E-state index in [-0.39, 0.29) is 5.92 Å². The molecule has 1 aromatic heterocycles. The fourth-order valence-electron chi connectivity index (χ4n) is 2.66. The van der Waals surface area contributed by atoms with Crippen molar-refractivity contribution in [1.29, 1.82) is 0 Å². The van der Waals surface area contributed by atoms with Crippen LogP contribution in [0.5, 0.6) is 0 Å². The molecule has 3 rings (SSSR count). The minimum absolute atomic E-state index is 0.0291. The minimum Gasteiger partial charge on any atom is -0.299 e. The summed E-state index contributed by atoms with van der Waals surface area (Å²) in [6, 6.07) is 12.0. The molecule has 0 aliphatic heterocycles. The zero-order valence-electron chi connectivity index (χ0n) is 10.2. The largest absolute Gasteiger partial charge is 0.299 e. The summed E-state index contributed by atoms with van der Waals surface area (Å²) >= 11 is 0. The van der Waals surface area contributed by atoms with Crippen LogP contribution in [0.1, 0.15) is 37.3 Å². The monoisotopic (exact) mass is 240 g/mol. The van der Waals surface area contributed by atoms with Gasteiger partial charge in [-0.25, -0.2) is 4.68 Å². The summed E-state index contributed by atoms with van der Waals surface area (Å²) in [5, 5.41) is 4.36. The van der Waals surface area contributed by atoms with Crippen LogP contribution in [-0.2, 0) is 4.79 Å². The first-order valence-corrected chi connectivity index (χ1v) is 6.48. The van der Waals surface area contributed by atoms with Crippen LogP contribution in [0.3, 0.4) is 0 Å². The molecule has 1 heterocycles. The highest BCUT2D eigenvalue weighted by Gasteiger charge is 2.26. The third-order valence-electron chi connectivity index (χ3n) is 3.58. The molecule has 3 heteroatoms. The van der Waals surface area contributed by atoms with Crippen molar-refractivity contribution >= 4 is 5.78 Å². The maximum atomic E-state index is 12.0. The van der Waals surface area contributed by atoms with E-state index >= 15 is 0 Å². The predicted molar refractivity (Wildman–Crippen MR) is 69.8 cm³/mol. The lowest BCUT2D eigenvalue weighted by atomic mass is 9.85. The first-order valence-electron chi connectivity index (χ1n) is 6.48. The number of para-hydroxylation sites is 1. The van der Waals surface area contributed by atoms with Crippen LogP contribution in [0.15, 0.2) is 42.6 Å². The predicted octanol–water partition coefficient (Wildman–Crippen LogP) is 3.10. The molecule has 1 aliphatic carbocycles. The molecule has 92 valence electrons. The smallest absolute Gasteiger partial charge is 0.141 e. The van der Waals surface area contributed by atoms with E-state index in [1.807, 2.05) is 41.1 Å². The number of Topliss-reactive ketones (excluding diaryl/α,β-unsaturated/α-hetero) is 1. The van der Waals surface area contributed by atoms with E-state index in [1.165, 1.54) is 0 Å². The fourth-order valence-corrected chi connectivity index (χ4v) is 2.66. The topological polar surface area (TPSA) is 34.9 Å². The summed E-state index contributed by atoms with van der Waals surface area (Å²) in [5.41, 5.74) is 2.06. The van der Waals surface area contributed by atoms with Gasteiger partial charge in [-0.05, 0) is 31.0 Å². The summed E-state index contributed by atoms with van der Waals surface area (Å²) in [4.78, 5) is 12.0. The number of benzene rings is 1. The molecule has 0 bridgehead atoms. The molecule has 18 heavy (non-hydrogen) atoms. The molecular weight excluding hydrogens is 224 g/mol. The second-order valence-corrected chi connectivity index (χ2v) is 4.77. The Kier molecular flexibility index (Phi) is 2.97. The van der Waals surface area contributed by atoms with Crippen molar-refractivity contribution in [3.05, 3.63) is 48.3 Å². The summed E-state index contributed by atoms with van der Waals surface area (Å²) in [6.07, 6.45) is 5.62. The Bertz CT molecular complexity index is 545. The Hall–Kier alpha value is -1.90. The molecule has 1 aromatic carbocycles. The van der Waals surface area contributed by atoms with Crippen molar-refractivity contribution in [3.63, 3.8) is 0 Å². The molecule has 0 amide bonds. The molecule has 1 atom stereocenters. The Morgan fingerprint density at radius 2 is 1.94 bits per heavy atom. The third kappa shape index (κ3) is 1.96. The second kappa shape index (κ2) is 4.77. The van der Waals surface area contributed by atoms with Crippen molar-refractivity contribution in [2.75, 3.05) is 0 Å². The summed E-state index contributed by atoms with van der Waals surface area (Å²) in [6.45, 7) is 0. The van der Waals surface area contributed by atoms with E-state index in [0.717, 1.165) is 30.6 Å². The lowest BCUT2D eigenvalue weighted by molar-refractivity contribution is -0.122. The van der Waals surface area contributed by atoms with E-state index in [2.05, 4.69) is 5.10 Å². The third-order valence-corrected chi connectivity index (χ3v) is 3.58. The molecule has 1 aliphatic rings. The normalized spacial score (nSPS) is 20.0. The van der Waals surface area contributed by atoms with Gasteiger partial charge in [-0.2, -0.15) is 5.10 Å². The van der Waals surface area contributed by atoms with Crippen molar-refractivity contribution < 1.29 is 4.79 Å². The summed E-state index contributed by atoms with van der Waals surface area (Å²) in [7, 11) is 0. The number of hydrogen-bond donors (Lipinski definition) is 0. The molecule has 0 saturated heterocycles. The number of nitrogens with zero attached hydrogens (tertiary/aromatic N) is 2. The van der Waals surface area contributed by atoms with Gasteiger partial charge in [-0.3, -0.25) is 4.79 Å². The van der Waals surface area contributed by atoms with Crippen LogP contribution >= 0.6 is 0 Å². The Morgan fingerprint density at radius 1 is 1.11 bits per heavy atom. The highest BCUT2D eigenvalue weighted by molar-refractivity contribution is 5.86. The maximum Gasteiger partial charge on any atom is 0.141 e. The van der Waals surface area contributed by atoms with Gasteiger partial charge in [-0.15, -0.1) is 0 Å². The standard InChI is InChI=1S/C15H16N2O/c18-15-9-5-4-8-13(15)14-10-11-16-17(14)12-6-2-1-3-7-12/h1-3,6-7,10-11,13H,4-5,8-9H2. The zero-order chi connectivity index (χ0) is 12.4. The van der Waals surface area contributed by atoms with E-state index < -0.39 is 0 Å². The molecule has 1 unspecified atom stereocenters. The van der Waals surface area contributed by atoms with Crippen LogP contribution in [-0.4, -0.2) is 15.6 Å². The molecule has 0 N–H and O–H groups in total. The quantitative estimate of drug-likeness (QED) is 0.808. The Morgan fingerprint density at radius 3 is 2.72 bits per heavy atom. The number of aromatic nitrogens is 2. The Balaban J connectivity index is 1.99. The average Bonchev–Trinajstić information content (AvgIpc) is 2.89. The molecule has 1 fully saturated rings. The highest BCUT2D eigenvalue weighted by Crippen LogP contribution is 2.30. The van der Waals surface area contributed by atoms with Crippen molar-refractivity contribution in [2.45, 2.75) is 31.6 Å². The first-order chi connectivity index (χ1) is 8.86. The van der Waals surface area contributed by atoms with Crippen molar-refractivity contribution in [1.82, 2.24) is 9.78 Å². The lowest BCUT2D eigenvalue weighted by Crippen LogP contribution is -2.20. The van der Waals surface area contributed by atoms with Gasteiger partial charge in [0.1, 0.15) is 5.78 Å². The van der Waals surface area contributed by atoms with Crippen LogP contribution in [0, 0.1) is 0 Å². The van der Waals surface area contributed by atoms with Crippen LogP contribution in [0.2, 0.25) is 0 Å². The van der Waals surface area contributed by atoms with Gasteiger partial charge in [0.25, 0.3) is 0 Å². The lowest BCUT2D eigenvalue weighted by Gasteiger charge is -2.21. The number of hydrogen-bond acceptors (Lipinski definition) is 2. The first kappa shape index (κ1) is 11.2. The van der Waals surface area contributed by atoms with Crippen LogP contribution in [0.4, 0.5) is 0 Å². The van der Waals surface area contributed by atoms with Crippen molar-refractivity contribution in [2.24, 2.45) is 0 Å². The maximum absolute atomic E-state index is 12.0. The van der Waals surface area contributed by atoms with Gasteiger partial charge in [0.15, 0.2) is 0 Å². The number of carbonyl (C=O) groups is 1. The molecule has 0 spiro atoms. The van der Waals surface area contributed by atoms with E-state index in [0.29, 0.717) is 12.2 Å². The van der Waals surface area contributed by atoms with Crippen LogP contribution in [0.25, 0.3) is 5.69 Å². The second-order valence-electron chi connectivity index (χ2n) is 4.77. The summed E-state index contributed by atoms with van der Waals surface area (Å²) in [5.74, 6) is 0.389. The Labute approximate surface area is 106 Å². The average molecular weight is 240 g/mol. The van der Waals surface area contributed by atoms with Gasteiger partial charge >= 0.3 is 0 Å². The van der Waals surface area contributed by atoms with Gasteiger partial charge < -0.3 is 0 Å². The highest BCUT2D eigenvalue weighted by atomic mass is 16.1.